The van der Waals surface area contributed by atoms with Crippen LogP contribution in [-0.4, -0.2) is 31.6 Å². The number of Topliss-reactive ketones (excluding diaryl/α,β-unsaturated/α-hetero) is 1. The second kappa shape index (κ2) is 8.74. The van der Waals surface area contributed by atoms with Crippen molar-refractivity contribution in [2.45, 2.75) is 38.3 Å². The summed E-state index contributed by atoms with van der Waals surface area (Å²) in [6.07, 6.45) is 4.64. The molecule has 0 saturated heterocycles. The van der Waals surface area contributed by atoms with Crippen LogP contribution in [0, 0.1) is 5.82 Å². The zero-order valence-corrected chi connectivity index (χ0v) is 18.6. The van der Waals surface area contributed by atoms with Gasteiger partial charge in [0.1, 0.15) is 11.6 Å². The van der Waals surface area contributed by atoms with Gasteiger partial charge in [0.2, 0.25) is 0 Å². The van der Waals surface area contributed by atoms with Crippen molar-refractivity contribution < 1.29 is 13.9 Å². The highest BCUT2D eigenvalue weighted by Gasteiger charge is 2.26. The zero-order chi connectivity index (χ0) is 23.8. The average Bonchev–Trinajstić information content (AvgIpc) is 3.50. The van der Waals surface area contributed by atoms with Gasteiger partial charge in [-0.2, -0.15) is 0 Å². The molecule has 34 heavy (non-hydrogen) atoms. The van der Waals surface area contributed by atoms with Gasteiger partial charge in [0.05, 0.1) is 25.7 Å². The van der Waals surface area contributed by atoms with Crippen LogP contribution in [0.1, 0.15) is 42.1 Å². The highest BCUT2D eigenvalue weighted by atomic mass is 19.1. The highest BCUT2D eigenvalue weighted by molar-refractivity contribution is 5.96. The molecule has 0 radical (unpaired) electrons. The van der Waals surface area contributed by atoms with Crippen LogP contribution in [0.3, 0.4) is 0 Å². The summed E-state index contributed by atoms with van der Waals surface area (Å²) in [5.74, 6) is -0.106. The predicted molar refractivity (Wildman–Crippen MR) is 124 cm³/mol. The minimum atomic E-state index is -0.554. The topological polar surface area (TPSA) is 88.1 Å². The maximum atomic E-state index is 14.0. The van der Waals surface area contributed by atoms with Crippen LogP contribution < -0.4 is 16.0 Å². The molecule has 0 N–H and O–H groups in total. The van der Waals surface area contributed by atoms with E-state index in [2.05, 4.69) is 4.98 Å². The number of carbonyl (C=O) groups excluding carboxylic acids is 1. The molecular formula is C25H23FN4O4. The fourth-order valence-corrected chi connectivity index (χ4v) is 4.63. The second-order valence-electron chi connectivity index (χ2n) is 8.41. The van der Waals surface area contributed by atoms with Gasteiger partial charge in [0, 0.05) is 11.6 Å². The third-order valence-electron chi connectivity index (χ3n) is 6.33. The largest absolute Gasteiger partial charge is 0.497 e. The molecule has 0 bridgehead atoms. The number of imidazole rings is 1. The van der Waals surface area contributed by atoms with Crippen LogP contribution in [0.25, 0.3) is 16.9 Å². The van der Waals surface area contributed by atoms with Crippen molar-refractivity contribution in [3.05, 3.63) is 87.1 Å². The van der Waals surface area contributed by atoms with E-state index in [0.717, 1.165) is 12.8 Å². The van der Waals surface area contributed by atoms with E-state index < -0.39 is 17.1 Å². The lowest BCUT2D eigenvalue weighted by Gasteiger charge is -2.17. The maximum Gasteiger partial charge on any atom is 0.337 e. The van der Waals surface area contributed by atoms with E-state index in [1.54, 1.807) is 37.4 Å². The van der Waals surface area contributed by atoms with Crippen LogP contribution in [0.4, 0.5) is 4.39 Å². The average molecular weight is 462 g/mol. The first-order chi connectivity index (χ1) is 16.5. The highest BCUT2D eigenvalue weighted by Crippen LogP contribution is 2.28. The van der Waals surface area contributed by atoms with E-state index in [1.165, 1.54) is 38.2 Å². The Bertz CT molecular complexity index is 1490. The molecule has 2 aromatic heterocycles. The number of fused-ring (bicyclic) bond motifs is 1. The number of methoxy groups -OCH3 is 1. The van der Waals surface area contributed by atoms with Crippen LogP contribution in [0.5, 0.6) is 5.75 Å². The van der Waals surface area contributed by atoms with Gasteiger partial charge in [-0.05, 0) is 55.3 Å². The smallest absolute Gasteiger partial charge is 0.337 e. The lowest BCUT2D eigenvalue weighted by Crippen LogP contribution is -2.42. The molecule has 1 aliphatic rings. The number of halogens is 1. The maximum absolute atomic E-state index is 14.0. The van der Waals surface area contributed by atoms with Crippen molar-refractivity contribution in [1.82, 2.24) is 18.7 Å². The molecule has 2 heterocycles. The normalized spacial score (nSPS) is 14.1. The van der Waals surface area contributed by atoms with Gasteiger partial charge in [0.25, 0.3) is 5.56 Å². The number of ether oxygens (including phenoxy) is 1. The summed E-state index contributed by atoms with van der Waals surface area (Å²) in [6.45, 7) is -0.135. The summed E-state index contributed by atoms with van der Waals surface area (Å²) >= 11 is 0. The van der Waals surface area contributed by atoms with Crippen molar-refractivity contribution in [1.29, 1.82) is 0 Å². The van der Waals surface area contributed by atoms with E-state index in [4.69, 9.17) is 4.74 Å². The van der Waals surface area contributed by atoms with Crippen LogP contribution >= 0.6 is 0 Å². The first-order valence-electron chi connectivity index (χ1n) is 11.1. The molecule has 1 aliphatic carbocycles. The Kier molecular flexibility index (Phi) is 5.61. The molecule has 0 aliphatic heterocycles. The van der Waals surface area contributed by atoms with Crippen molar-refractivity contribution in [2.75, 3.05) is 7.11 Å². The molecule has 1 fully saturated rings. The van der Waals surface area contributed by atoms with Crippen LogP contribution in [0.2, 0.25) is 0 Å². The van der Waals surface area contributed by atoms with Crippen molar-refractivity contribution >= 4 is 16.9 Å². The molecule has 174 valence electrons. The predicted octanol–water partition coefficient (Wildman–Crippen LogP) is 3.49. The van der Waals surface area contributed by atoms with Gasteiger partial charge in [-0.1, -0.05) is 18.9 Å². The lowest BCUT2D eigenvalue weighted by molar-refractivity contribution is 0.0973. The molecule has 5 rings (SSSR count). The zero-order valence-electron chi connectivity index (χ0n) is 18.6. The number of hydrogen-bond acceptors (Lipinski definition) is 5. The number of nitrogens with zero attached hydrogens (tertiary/aromatic N) is 4. The van der Waals surface area contributed by atoms with Crippen molar-refractivity contribution in [3.8, 4) is 11.4 Å². The second-order valence-corrected chi connectivity index (χ2v) is 8.41. The first-order valence-corrected chi connectivity index (χ1v) is 11.1. The summed E-state index contributed by atoms with van der Waals surface area (Å²) in [5, 5.41) is 0. The summed E-state index contributed by atoms with van der Waals surface area (Å²) in [6, 6.07) is 12.0. The Morgan fingerprint density at radius 3 is 2.53 bits per heavy atom. The summed E-state index contributed by atoms with van der Waals surface area (Å²) < 4.78 is 23.1. The molecule has 0 unspecified atom stereocenters. The van der Waals surface area contributed by atoms with Crippen LogP contribution in [-0.2, 0) is 6.54 Å². The van der Waals surface area contributed by atoms with E-state index in [1.807, 2.05) is 0 Å². The number of hydrogen-bond donors (Lipinski definition) is 0. The van der Waals surface area contributed by atoms with Crippen LogP contribution in [0.15, 0.2) is 64.4 Å². The van der Waals surface area contributed by atoms with Gasteiger partial charge >= 0.3 is 5.69 Å². The van der Waals surface area contributed by atoms with Gasteiger partial charge in [-0.3, -0.25) is 14.2 Å². The quantitative estimate of drug-likeness (QED) is 0.409. The third kappa shape index (κ3) is 3.72. The molecule has 0 spiro atoms. The molecule has 1 saturated carbocycles. The Labute approximate surface area is 193 Å². The molecule has 2 aromatic carbocycles. The van der Waals surface area contributed by atoms with Gasteiger partial charge in [0.15, 0.2) is 16.9 Å². The minimum Gasteiger partial charge on any atom is -0.497 e. The van der Waals surface area contributed by atoms with Gasteiger partial charge < -0.3 is 9.30 Å². The Balaban J connectivity index is 1.68. The standard InChI is InChI=1S/C25H23FN4O4/c1-34-20-11-9-16(10-12-20)21(31)14-28-15-27-23-22(28)24(32)30(18-6-2-3-7-18)25(33)29(23)19-8-4-5-17(26)13-19/h4-5,8-13,15,18H,2-3,6-7,14H2,1H3. The van der Waals surface area contributed by atoms with E-state index >= 15 is 0 Å². The summed E-state index contributed by atoms with van der Waals surface area (Å²) in [4.78, 5) is 44.3. The Hall–Kier alpha value is -4.01. The van der Waals surface area contributed by atoms with Crippen molar-refractivity contribution in [2.24, 2.45) is 0 Å². The van der Waals surface area contributed by atoms with E-state index in [-0.39, 0.29) is 35.2 Å². The lowest BCUT2D eigenvalue weighted by atomic mass is 10.1. The number of carbonyl (C=O) groups is 1. The molecule has 9 heteroatoms. The SMILES string of the molecule is COc1ccc(C(=O)Cn2cnc3c2c(=O)n(C2CCCC2)c(=O)n3-c2cccc(F)c2)cc1. The third-order valence-corrected chi connectivity index (χ3v) is 6.33. The molecule has 0 atom stereocenters. The fraction of sp³-hybridized carbons (Fsp3) is 0.280. The molecule has 4 aromatic rings. The van der Waals surface area contributed by atoms with Gasteiger partial charge in [-0.15, -0.1) is 0 Å². The first kappa shape index (κ1) is 21.8. The number of benzene rings is 2. The minimum absolute atomic E-state index is 0.0948. The summed E-state index contributed by atoms with van der Waals surface area (Å²) in [7, 11) is 1.54. The molecule has 8 nitrogen and oxygen atoms in total. The Morgan fingerprint density at radius 2 is 1.85 bits per heavy atom. The van der Waals surface area contributed by atoms with E-state index in [0.29, 0.717) is 24.2 Å². The number of rotatable bonds is 6. The summed E-state index contributed by atoms with van der Waals surface area (Å²) in [5.41, 5.74) is -0.0815. The van der Waals surface area contributed by atoms with E-state index in [9.17, 15) is 18.8 Å². The van der Waals surface area contributed by atoms with Crippen molar-refractivity contribution in [3.63, 3.8) is 0 Å². The monoisotopic (exact) mass is 462 g/mol. The van der Waals surface area contributed by atoms with Gasteiger partial charge in [-0.25, -0.2) is 18.7 Å². The number of aromatic nitrogens is 4. The molecule has 0 amide bonds. The molecular weight excluding hydrogens is 439 g/mol. The Morgan fingerprint density at radius 1 is 1.12 bits per heavy atom. The fourth-order valence-electron chi connectivity index (χ4n) is 4.63. The number of ketones is 1.